The minimum absolute atomic E-state index is 0.0848. The van der Waals surface area contributed by atoms with Crippen LogP contribution < -0.4 is 15.8 Å². The lowest BCUT2D eigenvalue weighted by atomic mass is 10.1. The average Bonchev–Trinajstić information content (AvgIpc) is 3.38. The Morgan fingerprint density at radius 3 is 2.78 bits per heavy atom. The van der Waals surface area contributed by atoms with Crippen LogP contribution in [0.1, 0.15) is 16.8 Å². The number of halogens is 1. The molecule has 2 aromatic heterocycles. The highest BCUT2D eigenvalue weighted by atomic mass is 19.1. The van der Waals surface area contributed by atoms with Crippen molar-refractivity contribution in [3.8, 4) is 11.4 Å². The summed E-state index contributed by atoms with van der Waals surface area (Å²) in [6, 6.07) is 11.7. The molecule has 0 aliphatic carbocycles. The summed E-state index contributed by atoms with van der Waals surface area (Å²) in [5.74, 6) is -0.00335. The number of carbonyl (C=O) groups is 1. The van der Waals surface area contributed by atoms with Gasteiger partial charge in [0.25, 0.3) is 0 Å². The number of carbonyl (C=O) groups excluding carboxylic acids is 1. The van der Waals surface area contributed by atoms with E-state index < -0.39 is 5.82 Å². The summed E-state index contributed by atoms with van der Waals surface area (Å²) in [6.07, 6.45) is 1.36. The monoisotopic (exact) mass is 433 g/mol. The quantitative estimate of drug-likeness (QED) is 0.500. The number of methoxy groups -OCH3 is 1. The fourth-order valence-corrected chi connectivity index (χ4v) is 3.95. The molecule has 0 unspecified atom stereocenters. The zero-order valence-electron chi connectivity index (χ0n) is 17.3. The van der Waals surface area contributed by atoms with E-state index in [4.69, 9.17) is 15.2 Å². The molecule has 4 aromatic rings. The Morgan fingerprint density at radius 2 is 2.03 bits per heavy atom. The molecule has 0 saturated heterocycles. The maximum atomic E-state index is 14.1. The summed E-state index contributed by atoms with van der Waals surface area (Å²) in [6.45, 7) is 0.933. The molecule has 3 N–H and O–H groups in total. The maximum Gasteiger partial charge on any atom is 0.228 e. The molecule has 162 valence electrons. The first-order valence-corrected chi connectivity index (χ1v) is 9.98. The number of hydrogen-bond donors (Lipinski definition) is 2. The van der Waals surface area contributed by atoms with E-state index in [0.717, 1.165) is 28.0 Å². The van der Waals surface area contributed by atoms with Crippen molar-refractivity contribution in [2.75, 3.05) is 18.2 Å². The summed E-state index contributed by atoms with van der Waals surface area (Å²) < 4.78 is 26.7. The molecule has 32 heavy (non-hydrogen) atoms. The van der Waals surface area contributed by atoms with E-state index in [-0.39, 0.29) is 12.3 Å². The van der Waals surface area contributed by atoms with Crippen LogP contribution >= 0.6 is 0 Å². The molecular formula is C23H20FN5O3. The third-order valence-electron chi connectivity index (χ3n) is 5.48. The second-order valence-electron chi connectivity index (χ2n) is 7.44. The molecule has 0 spiro atoms. The number of nitrogens with zero attached hydrogens (tertiary/aromatic N) is 3. The van der Waals surface area contributed by atoms with Gasteiger partial charge in [0.05, 0.1) is 32.4 Å². The Hall–Kier alpha value is -3.98. The number of benzene rings is 2. The Balaban J connectivity index is 1.38. The zero-order valence-corrected chi connectivity index (χ0v) is 17.3. The highest BCUT2D eigenvalue weighted by Gasteiger charge is 2.25. The third kappa shape index (κ3) is 3.42. The molecule has 1 amide bonds. The van der Waals surface area contributed by atoms with Crippen LogP contribution in [0, 0.1) is 5.82 Å². The molecule has 9 heteroatoms. The molecule has 0 radical (unpaired) electrons. The molecule has 1 aliphatic rings. The second kappa shape index (κ2) is 7.93. The van der Waals surface area contributed by atoms with Crippen LogP contribution in [0.15, 0.2) is 48.8 Å². The third-order valence-corrected chi connectivity index (χ3v) is 5.48. The van der Waals surface area contributed by atoms with Gasteiger partial charge in [-0.25, -0.2) is 14.4 Å². The number of hydrogen-bond acceptors (Lipinski definition) is 6. The van der Waals surface area contributed by atoms with Gasteiger partial charge < -0.3 is 25.1 Å². The largest absolute Gasteiger partial charge is 0.497 e. The van der Waals surface area contributed by atoms with Crippen molar-refractivity contribution in [2.24, 2.45) is 0 Å². The number of rotatable bonds is 5. The van der Waals surface area contributed by atoms with E-state index in [9.17, 15) is 9.18 Å². The smallest absolute Gasteiger partial charge is 0.228 e. The number of amides is 1. The maximum absolute atomic E-state index is 14.1. The molecule has 0 fully saturated rings. The van der Waals surface area contributed by atoms with Crippen molar-refractivity contribution in [1.29, 1.82) is 0 Å². The second-order valence-corrected chi connectivity index (χ2v) is 7.44. The average molecular weight is 433 g/mol. The van der Waals surface area contributed by atoms with Crippen molar-refractivity contribution >= 4 is 28.4 Å². The van der Waals surface area contributed by atoms with Crippen LogP contribution in [0.2, 0.25) is 0 Å². The minimum Gasteiger partial charge on any atom is -0.497 e. The van der Waals surface area contributed by atoms with Gasteiger partial charge in [-0.2, -0.15) is 0 Å². The van der Waals surface area contributed by atoms with Crippen molar-refractivity contribution < 1.29 is 18.7 Å². The van der Waals surface area contributed by atoms with Crippen LogP contribution in [0.3, 0.4) is 0 Å². The van der Waals surface area contributed by atoms with Gasteiger partial charge in [0.2, 0.25) is 5.91 Å². The lowest BCUT2D eigenvalue weighted by Gasteiger charge is -2.12. The van der Waals surface area contributed by atoms with Gasteiger partial charge in [0, 0.05) is 23.0 Å². The van der Waals surface area contributed by atoms with Crippen LogP contribution in [0.25, 0.3) is 16.7 Å². The number of nitrogen functional groups attached to an aromatic ring is 1. The van der Waals surface area contributed by atoms with E-state index in [1.165, 1.54) is 19.5 Å². The molecule has 0 bridgehead atoms. The normalized spacial score (nSPS) is 12.7. The number of aromatic nitrogens is 3. The standard InChI is InChI=1S/C23H20FN5O3/c1-31-16-7-2-13(18(24)9-16)8-20(30)28-14-3-5-15(6-4-14)29-19-11-32-10-17(19)21-22(29)23(25)27-12-26-21/h2-7,9,12H,8,10-11H2,1H3,(H,28,30)(H2,25,26,27). The molecule has 1 aliphatic heterocycles. The molecule has 5 rings (SSSR count). The van der Waals surface area contributed by atoms with E-state index >= 15 is 0 Å². The highest BCUT2D eigenvalue weighted by Crippen LogP contribution is 2.35. The molecule has 0 atom stereocenters. The van der Waals surface area contributed by atoms with Crippen LogP contribution in [0.4, 0.5) is 15.9 Å². The van der Waals surface area contributed by atoms with Crippen molar-refractivity contribution in [2.45, 2.75) is 19.6 Å². The van der Waals surface area contributed by atoms with Gasteiger partial charge >= 0.3 is 0 Å². The fraction of sp³-hybridized carbons (Fsp3) is 0.174. The van der Waals surface area contributed by atoms with Crippen LogP contribution in [-0.2, 0) is 29.2 Å². The Bertz CT molecular complexity index is 1330. The van der Waals surface area contributed by atoms with Gasteiger partial charge in [-0.15, -0.1) is 0 Å². The Labute approximate surface area is 182 Å². The van der Waals surface area contributed by atoms with E-state index in [2.05, 4.69) is 15.3 Å². The van der Waals surface area contributed by atoms with Gasteiger partial charge in [0.15, 0.2) is 5.82 Å². The SMILES string of the molecule is COc1ccc(CC(=O)Nc2ccc(-n3c4c(c5ncnc(N)c53)COC4)cc2)c(F)c1. The number of fused-ring (bicyclic) bond motifs is 3. The van der Waals surface area contributed by atoms with Gasteiger partial charge in [0.1, 0.15) is 28.9 Å². The zero-order chi connectivity index (χ0) is 22.2. The first kappa shape index (κ1) is 20.0. The van der Waals surface area contributed by atoms with E-state index in [1.807, 2.05) is 16.7 Å². The first-order valence-electron chi connectivity index (χ1n) is 9.98. The topological polar surface area (TPSA) is 104 Å². The van der Waals surface area contributed by atoms with Gasteiger partial charge in [-0.05, 0) is 35.9 Å². The summed E-state index contributed by atoms with van der Waals surface area (Å²) >= 11 is 0. The van der Waals surface area contributed by atoms with E-state index in [0.29, 0.717) is 36.0 Å². The summed E-state index contributed by atoms with van der Waals surface area (Å²) in [5.41, 5.74) is 11.4. The number of nitrogens with two attached hydrogens (primary N) is 1. The molecule has 8 nitrogen and oxygen atoms in total. The van der Waals surface area contributed by atoms with Gasteiger partial charge in [-0.1, -0.05) is 6.07 Å². The molecule has 2 aromatic carbocycles. The number of nitrogens with one attached hydrogen (secondary N) is 1. The van der Waals surface area contributed by atoms with Crippen molar-refractivity contribution in [1.82, 2.24) is 14.5 Å². The predicted octanol–water partition coefficient (Wildman–Crippen LogP) is 3.36. The molecule has 0 saturated carbocycles. The lowest BCUT2D eigenvalue weighted by Crippen LogP contribution is -2.15. The molecular weight excluding hydrogens is 413 g/mol. The summed E-state index contributed by atoms with van der Waals surface area (Å²) in [7, 11) is 1.46. The van der Waals surface area contributed by atoms with Crippen LogP contribution in [0.5, 0.6) is 5.75 Å². The minimum atomic E-state index is -0.481. The fourth-order valence-electron chi connectivity index (χ4n) is 3.95. The van der Waals surface area contributed by atoms with Crippen LogP contribution in [-0.4, -0.2) is 27.6 Å². The first-order chi connectivity index (χ1) is 15.5. The van der Waals surface area contributed by atoms with Crippen molar-refractivity contribution in [3.05, 3.63) is 71.4 Å². The Kier molecular flexibility index (Phi) is 4.95. The number of anilines is 2. The van der Waals surface area contributed by atoms with Gasteiger partial charge in [-0.3, -0.25) is 4.79 Å². The van der Waals surface area contributed by atoms with E-state index in [1.54, 1.807) is 24.3 Å². The molecule has 3 heterocycles. The predicted molar refractivity (Wildman–Crippen MR) is 117 cm³/mol. The highest BCUT2D eigenvalue weighted by molar-refractivity contribution is 5.93. The summed E-state index contributed by atoms with van der Waals surface area (Å²) in [4.78, 5) is 20.9. The number of ether oxygens (including phenoxy) is 2. The summed E-state index contributed by atoms with van der Waals surface area (Å²) in [5, 5.41) is 2.80. The lowest BCUT2D eigenvalue weighted by molar-refractivity contribution is -0.115. The van der Waals surface area contributed by atoms with Crippen molar-refractivity contribution in [3.63, 3.8) is 0 Å². The Morgan fingerprint density at radius 1 is 1.22 bits per heavy atom.